The van der Waals surface area contributed by atoms with Crippen LogP contribution in [0, 0.1) is 0 Å². The fourth-order valence-corrected chi connectivity index (χ4v) is 3.76. The zero-order valence-corrected chi connectivity index (χ0v) is 13.9. The van der Waals surface area contributed by atoms with E-state index in [4.69, 9.17) is 0 Å². The minimum Gasteiger partial charge on any atom is -0.303 e. The van der Waals surface area contributed by atoms with E-state index in [2.05, 4.69) is 82.5 Å². The maximum Gasteiger partial charge on any atom is 0.117 e. The second kappa shape index (κ2) is 5.75. The van der Waals surface area contributed by atoms with Crippen molar-refractivity contribution in [3.8, 4) is 16.8 Å². The van der Waals surface area contributed by atoms with Gasteiger partial charge in [-0.1, -0.05) is 60.7 Å². The zero-order valence-electron chi connectivity index (χ0n) is 13.9. The fraction of sp³-hybridized carbons (Fsp3) is 0.0870. The summed E-state index contributed by atoms with van der Waals surface area (Å²) in [6.45, 7) is 0. The van der Waals surface area contributed by atoms with Crippen LogP contribution in [0.25, 0.3) is 16.8 Å². The van der Waals surface area contributed by atoms with Gasteiger partial charge in [0, 0.05) is 24.5 Å². The molecule has 2 nitrogen and oxygen atoms in total. The molecule has 0 aliphatic heterocycles. The Morgan fingerprint density at radius 3 is 2.52 bits per heavy atom. The van der Waals surface area contributed by atoms with Gasteiger partial charge < -0.3 is 4.57 Å². The quantitative estimate of drug-likeness (QED) is 0.455. The van der Waals surface area contributed by atoms with Crippen LogP contribution in [0.2, 0.25) is 0 Å². The fourth-order valence-electron chi connectivity index (χ4n) is 3.76. The van der Waals surface area contributed by atoms with Crippen molar-refractivity contribution >= 4 is 0 Å². The van der Waals surface area contributed by atoms with Crippen LogP contribution in [-0.2, 0) is 12.8 Å². The van der Waals surface area contributed by atoms with Crippen LogP contribution in [0.3, 0.4) is 0 Å². The first-order chi connectivity index (χ1) is 12.4. The minimum atomic E-state index is 0.838. The molecule has 5 rings (SSSR count). The molecule has 0 saturated carbocycles. The molecule has 3 aromatic carbocycles. The molecule has 0 unspecified atom stereocenters. The van der Waals surface area contributed by atoms with Gasteiger partial charge in [0.1, 0.15) is 5.82 Å². The van der Waals surface area contributed by atoms with E-state index >= 15 is 0 Å². The van der Waals surface area contributed by atoms with E-state index in [9.17, 15) is 0 Å². The number of nitrogens with zero attached hydrogens (tertiary/aromatic N) is 2. The third-order valence-electron chi connectivity index (χ3n) is 4.98. The number of rotatable bonds is 3. The largest absolute Gasteiger partial charge is 0.303 e. The SMILES string of the molecule is c1ccc(Cc2nccn2-c2ccc3c(c2)Cc2ccccc2-3)cc1. The Morgan fingerprint density at radius 1 is 0.800 bits per heavy atom. The molecule has 0 N–H and O–H groups in total. The van der Waals surface area contributed by atoms with Crippen molar-refractivity contribution < 1.29 is 0 Å². The van der Waals surface area contributed by atoms with Gasteiger partial charge in [-0.15, -0.1) is 0 Å². The lowest BCUT2D eigenvalue weighted by Crippen LogP contribution is -2.02. The second-order valence-corrected chi connectivity index (χ2v) is 6.55. The summed E-state index contributed by atoms with van der Waals surface area (Å²) in [4.78, 5) is 4.58. The molecule has 0 fully saturated rings. The Hall–Kier alpha value is -3.13. The molecule has 2 heteroatoms. The molecule has 1 aliphatic carbocycles. The summed E-state index contributed by atoms with van der Waals surface area (Å²) in [5, 5.41) is 0. The standard InChI is InChI=1S/C23H18N2/c1-2-6-17(7-3-1)14-23-24-12-13-25(23)20-10-11-22-19(16-20)15-18-8-4-5-9-21(18)22/h1-13,16H,14-15H2. The summed E-state index contributed by atoms with van der Waals surface area (Å²) < 4.78 is 2.20. The average Bonchev–Trinajstić information content (AvgIpc) is 3.26. The van der Waals surface area contributed by atoms with Gasteiger partial charge in [0.25, 0.3) is 0 Å². The van der Waals surface area contributed by atoms with Crippen molar-refractivity contribution in [2.24, 2.45) is 0 Å². The molecule has 1 aliphatic rings. The van der Waals surface area contributed by atoms with Crippen molar-refractivity contribution in [1.29, 1.82) is 0 Å². The van der Waals surface area contributed by atoms with E-state index in [1.54, 1.807) is 0 Å². The maximum absolute atomic E-state index is 4.58. The Labute approximate surface area is 147 Å². The number of benzene rings is 3. The molecule has 0 radical (unpaired) electrons. The first-order valence-electron chi connectivity index (χ1n) is 8.66. The zero-order chi connectivity index (χ0) is 16.6. The van der Waals surface area contributed by atoms with Crippen LogP contribution in [0.1, 0.15) is 22.5 Å². The highest BCUT2D eigenvalue weighted by Crippen LogP contribution is 2.37. The highest BCUT2D eigenvalue weighted by molar-refractivity contribution is 5.77. The molecular weight excluding hydrogens is 304 g/mol. The number of hydrogen-bond donors (Lipinski definition) is 0. The first-order valence-corrected chi connectivity index (χ1v) is 8.66. The second-order valence-electron chi connectivity index (χ2n) is 6.55. The Balaban J connectivity index is 1.52. The molecule has 0 spiro atoms. The lowest BCUT2D eigenvalue weighted by Gasteiger charge is -2.10. The number of imidazole rings is 1. The molecule has 1 aromatic heterocycles. The summed E-state index contributed by atoms with van der Waals surface area (Å²) in [5.74, 6) is 1.07. The molecule has 0 amide bonds. The van der Waals surface area contributed by atoms with E-state index in [0.717, 1.165) is 18.7 Å². The Kier molecular flexibility index (Phi) is 3.27. The summed E-state index contributed by atoms with van der Waals surface area (Å²) in [7, 11) is 0. The first kappa shape index (κ1) is 14.2. The van der Waals surface area contributed by atoms with Crippen LogP contribution in [0.4, 0.5) is 0 Å². The van der Waals surface area contributed by atoms with Gasteiger partial charge >= 0.3 is 0 Å². The van der Waals surface area contributed by atoms with E-state index in [0.29, 0.717) is 0 Å². The van der Waals surface area contributed by atoms with Crippen LogP contribution in [0.5, 0.6) is 0 Å². The third kappa shape index (κ3) is 2.47. The van der Waals surface area contributed by atoms with E-state index in [-0.39, 0.29) is 0 Å². The van der Waals surface area contributed by atoms with Crippen LogP contribution in [0.15, 0.2) is 85.2 Å². The highest BCUT2D eigenvalue weighted by atomic mass is 15.1. The summed E-state index contributed by atoms with van der Waals surface area (Å²) >= 11 is 0. The number of fused-ring (bicyclic) bond motifs is 3. The molecule has 4 aromatic rings. The van der Waals surface area contributed by atoms with E-state index in [1.165, 1.54) is 33.5 Å². The summed E-state index contributed by atoms with van der Waals surface area (Å²) in [6, 6.07) is 26.0. The van der Waals surface area contributed by atoms with Crippen LogP contribution >= 0.6 is 0 Å². The molecule has 25 heavy (non-hydrogen) atoms. The van der Waals surface area contributed by atoms with Crippen molar-refractivity contribution in [3.63, 3.8) is 0 Å². The summed E-state index contributed by atoms with van der Waals surface area (Å²) in [6.07, 6.45) is 5.80. The maximum atomic E-state index is 4.58. The molecule has 120 valence electrons. The number of aromatic nitrogens is 2. The molecule has 0 bridgehead atoms. The average molecular weight is 322 g/mol. The number of hydrogen-bond acceptors (Lipinski definition) is 1. The monoisotopic (exact) mass is 322 g/mol. The van der Waals surface area contributed by atoms with E-state index < -0.39 is 0 Å². The predicted molar refractivity (Wildman–Crippen MR) is 101 cm³/mol. The summed E-state index contributed by atoms with van der Waals surface area (Å²) in [5.41, 5.74) is 8.03. The lowest BCUT2D eigenvalue weighted by atomic mass is 10.1. The van der Waals surface area contributed by atoms with Crippen LogP contribution < -0.4 is 0 Å². The van der Waals surface area contributed by atoms with Gasteiger partial charge in [-0.3, -0.25) is 0 Å². The van der Waals surface area contributed by atoms with Gasteiger partial charge in [-0.25, -0.2) is 4.98 Å². The van der Waals surface area contributed by atoms with Crippen molar-refractivity contribution in [3.05, 3.63) is 108 Å². The molecule has 1 heterocycles. The molecule has 0 atom stereocenters. The van der Waals surface area contributed by atoms with Gasteiger partial charge in [-0.05, 0) is 46.4 Å². The topological polar surface area (TPSA) is 17.8 Å². The van der Waals surface area contributed by atoms with Gasteiger partial charge in [0.05, 0.1) is 0 Å². The third-order valence-corrected chi connectivity index (χ3v) is 4.98. The van der Waals surface area contributed by atoms with Crippen molar-refractivity contribution in [2.75, 3.05) is 0 Å². The van der Waals surface area contributed by atoms with Crippen molar-refractivity contribution in [1.82, 2.24) is 9.55 Å². The predicted octanol–water partition coefficient (Wildman–Crippen LogP) is 5.03. The van der Waals surface area contributed by atoms with Gasteiger partial charge in [0.15, 0.2) is 0 Å². The normalized spacial score (nSPS) is 12.0. The smallest absolute Gasteiger partial charge is 0.117 e. The highest BCUT2D eigenvalue weighted by Gasteiger charge is 2.18. The lowest BCUT2D eigenvalue weighted by molar-refractivity contribution is 0.912. The molecule has 0 saturated heterocycles. The van der Waals surface area contributed by atoms with Gasteiger partial charge in [-0.2, -0.15) is 0 Å². The van der Waals surface area contributed by atoms with Gasteiger partial charge in [0.2, 0.25) is 0 Å². The van der Waals surface area contributed by atoms with Crippen LogP contribution in [-0.4, -0.2) is 9.55 Å². The minimum absolute atomic E-state index is 0.838. The Morgan fingerprint density at radius 2 is 1.60 bits per heavy atom. The van der Waals surface area contributed by atoms with E-state index in [1.807, 2.05) is 12.3 Å². The van der Waals surface area contributed by atoms with Crippen molar-refractivity contribution in [2.45, 2.75) is 12.8 Å². The molecular formula is C23H18N2. The Bertz CT molecular complexity index is 1040.